The molecule has 186 valence electrons. The Hall–Kier alpha value is -3.78. The lowest BCUT2D eigenvalue weighted by Gasteiger charge is -2.35. The summed E-state index contributed by atoms with van der Waals surface area (Å²) >= 11 is 0. The summed E-state index contributed by atoms with van der Waals surface area (Å²) in [7, 11) is 0. The molecule has 2 saturated heterocycles. The van der Waals surface area contributed by atoms with Gasteiger partial charge < -0.3 is 14.5 Å². The third-order valence-corrected chi connectivity index (χ3v) is 6.69. The Morgan fingerprint density at radius 1 is 0.972 bits per heavy atom. The van der Waals surface area contributed by atoms with Crippen LogP contribution in [0.1, 0.15) is 18.4 Å². The molecule has 36 heavy (non-hydrogen) atoms. The van der Waals surface area contributed by atoms with E-state index in [-0.39, 0.29) is 23.5 Å². The number of carbonyl (C=O) groups is 2. The van der Waals surface area contributed by atoms with Gasteiger partial charge in [0.15, 0.2) is 0 Å². The fourth-order valence-electron chi connectivity index (χ4n) is 4.74. The van der Waals surface area contributed by atoms with Gasteiger partial charge in [-0.25, -0.2) is 9.07 Å². The number of amides is 2. The van der Waals surface area contributed by atoms with E-state index in [1.54, 1.807) is 33.9 Å². The van der Waals surface area contributed by atoms with Gasteiger partial charge in [-0.2, -0.15) is 5.10 Å². The van der Waals surface area contributed by atoms with Crippen LogP contribution in [0.2, 0.25) is 0 Å². The molecule has 1 atom stereocenters. The van der Waals surface area contributed by atoms with E-state index in [1.807, 2.05) is 41.4 Å². The summed E-state index contributed by atoms with van der Waals surface area (Å²) in [6, 6.07) is 15.8. The van der Waals surface area contributed by atoms with Crippen LogP contribution in [-0.2, 0) is 14.3 Å². The third kappa shape index (κ3) is 5.39. The molecule has 3 aromatic rings. The molecule has 0 spiro atoms. The van der Waals surface area contributed by atoms with Crippen molar-refractivity contribution in [2.75, 3.05) is 39.4 Å². The van der Waals surface area contributed by atoms with Crippen LogP contribution < -0.4 is 0 Å². The summed E-state index contributed by atoms with van der Waals surface area (Å²) in [6.45, 7) is 3.41. The van der Waals surface area contributed by atoms with Gasteiger partial charge in [-0.3, -0.25) is 9.59 Å². The van der Waals surface area contributed by atoms with E-state index in [4.69, 9.17) is 9.84 Å². The van der Waals surface area contributed by atoms with E-state index in [9.17, 15) is 14.0 Å². The monoisotopic (exact) mass is 488 g/mol. The average Bonchev–Trinajstić information content (AvgIpc) is 3.37. The van der Waals surface area contributed by atoms with Gasteiger partial charge in [-0.15, -0.1) is 0 Å². The molecule has 0 bridgehead atoms. The lowest BCUT2D eigenvalue weighted by Crippen LogP contribution is -2.49. The molecule has 1 aromatic heterocycles. The van der Waals surface area contributed by atoms with Crippen molar-refractivity contribution in [1.29, 1.82) is 0 Å². The molecule has 0 N–H and O–H groups in total. The van der Waals surface area contributed by atoms with Crippen LogP contribution >= 0.6 is 0 Å². The van der Waals surface area contributed by atoms with Crippen molar-refractivity contribution >= 4 is 17.9 Å². The minimum Gasteiger partial charge on any atom is -0.378 e. The number of carbonyl (C=O) groups excluding carboxylic acids is 2. The zero-order valence-corrected chi connectivity index (χ0v) is 20.1. The minimum absolute atomic E-state index is 0.113. The van der Waals surface area contributed by atoms with Gasteiger partial charge in [0.2, 0.25) is 11.8 Å². The molecule has 0 saturated carbocycles. The highest BCUT2D eigenvalue weighted by molar-refractivity contribution is 5.93. The number of nitrogens with zero attached hydrogens (tertiary/aromatic N) is 4. The number of halogens is 1. The Morgan fingerprint density at radius 2 is 1.72 bits per heavy atom. The van der Waals surface area contributed by atoms with Crippen molar-refractivity contribution in [2.45, 2.75) is 12.8 Å². The molecule has 0 aliphatic carbocycles. The Balaban J connectivity index is 1.34. The number of hydrogen-bond acceptors (Lipinski definition) is 4. The van der Waals surface area contributed by atoms with Crippen LogP contribution in [0.4, 0.5) is 4.39 Å². The fraction of sp³-hybridized carbons (Fsp3) is 0.321. The molecule has 7 nitrogen and oxygen atoms in total. The van der Waals surface area contributed by atoms with Gasteiger partial charge in [0, 0.05) is 49.6 Å². The van der Waals surface area contributed by atoms with Crippen LogP contribution in [0.3, 0.4) is 0 Å². The lowest BCUT2D eigenvalue weighted by atomic mass is 9.96. The van der Waals surface area contributed by atoms with E-state index >= 15 is 0 Å². The van der Waals surface area contributed by atoms with E-state index in [1.165, 1.54) is 12.1 Å². The minimum atomic E-state index is -0.320. The van der Waals surface area contributed by atoms with Crippen LogP contribution in [-0.4, -0.2) is 70.8 Å². The highest BCUT2D eigenvalue weighted by Gasteiger charge is 2.31. The van der Waals surface area contributed by atoms with Gasteiger partial charge in [-0.1, -0.05) is 18.2 Å². The number of hydrogen-bond donors (Lipinski definition) is 0. The van der Waals surface area contributed by atoms with E-state index in [0.717, 1.165) is 29.7 Å². The number of para-hydroxylation sites is 1. The van der Waals surface area contributed by atoms with Crippen LogP contribution in [0.25, 0.3) is 23.0 Å². The van der Waals surface area contributed by atoms with Crippen LogP contribution in [0, 0.1) is 11.7 Å². The van der Waals surface area contributed by atoms with E-state index < -0.39 is 0 Å². The predicted molar refractivity (Wildman–Crippen MR) is 135 cm³/mol. The number of benzene rings is 2. The van der Waals surface area contributed by atoms with Crippen LogP contribution in [0.5, 0.6) is 0 Å². The van der Waals surface area contributed by atoms with Crippen LogP contribution in [0.15, 0.2) is 66.9 Å². The van der Waals surface area contributed by atoms with Gasteiger partial charge in [0.25, 0.3) is 0 Å². The molecule has 1 unspecified atom stereocenters. The first-order valence-electron chi connectivity index (χ1n) is 12.3. The number of rotatable bonds is 5. The van der Waals surface area contributed by atoms with E-state index in [0.29, 0.717) is 45.1 Å². The second-order valence-corrected chi connectivity index (χ2v) is 9.11. The quantitative estimate of drug-likeness (QED) is 0.513. The Kier molecular flexibility index (Phi) is 7.23. The third-order valence-electron chi connectivity index (χ3n) is 6.69. The van der Waals surface area contributed by atoms with Crippen molar-refractivity contribution in [3.05, 3.63) is 78.3 Å². The predicted octanol–water partition coefficient (Wildman–Crippen LogP) is 3.79. The molecular formula is C28H29FN4O3. The SMILES string of the molecule is O=C(/C=C/c1cn(-c2ccccc2)nc1-c1ccc(F)cc1)N1CCCC(C(=O)N2CCOCC2)C1. The fourth-order valence-corrected chi connectivity index (χ4v) is 4.74. The topological polar surface area (TPSA) is 67.7 Å². The summed E-state index contributed by atoms with van der Waals surface area (Å²) in [5, 5.41) is 4.72. The zero-order valence-electron chi connectivity index (χ0n) is 20.1. The van der Waals surface area contributed by atoms with Crippen molar-refractivity contribution in [1.82, 2.24) is 19.6 Å². The smallest absolute Gasteiger partial charge is 0.246 e. The summed E-state index contributed by atoms with van der Waals surface area (Å²) < 4.78 is 20.6. The van der Waals surface area contributed by atoms with E-state index in [2.05, 4.69) is 0 Å². The molecule has 2 aliphatic heterocycles. The highest BCUT2D eigenvalue weighted by atomic mass is 19.1. The Bertz CT molecular complexity index is 1230. The Labute approximate surface area is 209 Å². The van der Waals surface area contributed by atoms with Gasteiger partial charge in [0.1, 0.15) is 5.82 Å². The molecule has 2 fully saturated rings. The highest BCUT2D eigenvalue weighted by Crippen LogP contribution is 2.26. The number of piperidine rings is 1. The number of ether oxygens (including phenoxy) is 1. The molecule has 5 rings (SSSR count). The molecule has 2 amide bonds. The normalized spacial score (nSPS) is 18.5. The van der Waals surface area contributed by atoms with Crippen molar-refractivity contribution in [3.63, 3.8) is 0 Å². The van der Waals surface area contributed by atoms with Gasteiger partial charge >= 0.3 is 0 Å². The summed E-state index contributed by atoms with van der Waals surface area (Å²) in [6.07, 6.45) is 6.75. The maximum atomic E-state index is 13.5. The zero-order chi connectivity index (χ0) is 24.9. The standard InChI is InChI=1S/C28H29FN4O3/c29-24-11-8-21(9-12-24)27-22(20-33(30-27)25-6-2-1-3-7-25)10-13-26(34)32-14-4-5-23(19-32)28(35)31-15-17-36-18-16-31/h1-3,6-13,20,23H,4-5,14-19H2/b13-10+. The number of aromatic nitrogens is 2. The molecule has 3 heterocycles. The van der Waals surface area contributed by atoms with Gasteiger partial charge in [-0.05, 0) is 55.3 Å². The summed E-state index contributed by atoms with van der Waals surface area (Å²) in [4.78, 5) is 29.6. The number of likely N-dealkylation sites (tertiary alicyclic amines) is 1. The molecule has 8 heteroatoms. The second kappa shape index (κ2) is 10.9. The summed E-state index contributed by atoms with van der Waals surface area (Å²) in [5.74, 6) is -0.515. The first-order chi connectivity index (χ1) is 17.6. The number of morpholine rings is 1. The average molecular weight is 489 g/mol. The first kappa shape index (κ1) is 23.9. The second-order valence-electron chi connectivity index (χ2n) is 9.11. The maximum Gasteiger partial charge on any atom is 0.246 e. The first-order valence-corrected chi connectivity index (χ1v) is 12.3. The van der Waals surface area contributed by atoms with Crippen molar-refractivity contribution in [3.8, 4) is 16.9 Å². The van der Waals surface area contributed by atoms with Crippen molar-refractivity contribution in [2.24, 2.45) is 5.92 Å². The molecule has 2 aliphatic rings. The maximum absolute atomic E-state index is 13.5. The Morgan fingerprint density at radius 3 is 2.47 bits per heavy atom. The largest absolute Gasteiger partial charge is 0.378 e. The molecule has 0 radical (unpaired) electrons. The molecule has 2 aromatic carbocycles. The van der Waals surface area contributed by atoms with Gasteiger partial charge in [0.05, 0.1) is 30.5 Å². The molecular weight excluding hydrogens is 459 g/mol. The lowest BCUT2D eigenvalue weighted by molar-refractivity contribution is -0.143. The van der Waals surface area contributed by atoms with Crippen molar-refractivity contribution < 1.29 is 18.7 Å². The summed E-state index contributed by atoms with van der Waals surface area (Å²) in [5.41, 5.74) is 3.04.